The van der Waals surface area contributed by atoms with Crippen LogP contribution in [0, 0.1) is 0 Å². The molecule has 0 aliphatic heterocycles. The molecular formula is C19H23ClN2O3S. The van der Waals surface area contributed by atoms with E-state index >= 15 is 0 Å². The fourth-order valence-electron chi connectivity index (χ4n) is 2.45. The number of rotatable bonds is 8. The summed E-state index contributed by atoms with van der Waals surface area (Å²) in [6, 6.07) is 14.7. The standard InChI is InChI=1S/C19H23ClN2O3S/c1-3-15-8-10-17(11-9-15)21-19(23)12-13-22(26(2,24)25)14-16-6-4-5-7-18(16)20/h4-11H,3,12-14H2,1-2H3,(H,21,23). The van der Waals surface area contributed by atoms with Gasteiger partial charge in [-0.2, -0.15) is 4.31 Å². The van der Waals surface area contributed by atoms with E-state index in [4.69, 9.17) is 11.6 Å². The number of carbonyl (C=O) groups is 1. The van der Waals surface area contributed by atoms with Gasteiger partial charge in [-0.3, -0.25) is 4.79 Å². The van der Waals surface area contributed by atoms with Gasteiger partial charge in [0, 0.05) is 30.2 Å². The summed E-state index contributed by atoms with van der Waals surface area (Å²) >= 11 is 6.11. The molecule has 1 N–H and O–H groups in total. The molecule has 0 fully saturated rings. The van der Waals surface area contributed by atoms with Gasteiger partial charge >= 0.3 is 0 Å². The van der Waals surface area contributed by atoms with Crippen LogP contribution in [0.25, 0.3) is 0 Å². The second-order valence-electron chi connectivity index (χ2n) is 6.04. The lowest BCUT2D eigenvalue weighted by Crippen LogP contribution is -2.32. The summed E-state index contributed by atoms with van der Waals surface area (Å²) in [7, 11) is -3.46. The molecule has 2 aromatic rings. The highest BCUT2D eigenvalue weighted by molar-refractivity contribution is 7.88. The summed E-state index contributed by atoms with van der Waals surface area (Å²) in [5, 5.41) is 3.29. The molecule has 0 heterocycles. The second kappa shape index (κ2) is 9.16. The number of nitrogens with one attached hydrogen (secondary N) is 1. The highest BCUT2D eigenvalue weighted by Gasteiger charge is 2.19. The van der Waals surface area contributed by atoms with Crippen LogP contribution in [0.2, 0.25) is 5.02 Å². The number of halogens is 1. The van der Waals surface area contributed by atoms with Gasteiger partial charge in [0.2, 0.25) is 15.9 Å². The fourth-order valence-corrected chi connectivity index (χ4v) is 3.44. The van der Waals surface area contributed by atoms with E-state index in [9.17, 15) is 13.2 Å². The van der Waals surface area contributed by atoms with E-state index in [2.05, 4.69) is 12.2 Å². The van der Waals surface area contributed by atoms with Crippen LogP contribution in [0.5, 0.6) is 0 Å². The Labute approximate surface area is 160 Å². The Bertz CT molecular complexity index is 851. The largest absolute Gasteiger partial charge is 0.326 e. The fraction of sp³-hybridized carbons (Fsp3) is 0.316. The van der Waals surface area contributed by atoms with E-state index in [0.717, 1.165) is 12.7 Å². The van der Waals surface area contributed by atoms with Crippen LogP contribution in [-0.4, -0.2) is 31.4 Å². The predicted molar refractivity (Wildman–Crippen MR) is 106 cm³/mol. The Kier molecular flexibility index (Phi) is 7.20. The monoisotopic (exact) mass is 394 g/mol. The first-order chi connectivity index (χ1) is 12.3. The maximum absolute atomic E-state index is 12.2. The van der Waals surface area contributed by atoms with Gasteiger partial charge in [-0.25, -0.2) is 8.42 Å². The van der Waals surface area contributed by atoms with Crippen molar-refractivity contribution >= 4 is 33.2 Å². The molecule has 0 bridgehead atoms. The maximum atomic E-state index is 12.2. The van der Waals surface area contributed by atoms with Gasteiger partial charge in [-0.15, -0.1) is 0 Å². The quantitative estimate of drug-likeness (QED) is 0.742. The zero-order valence-electron chi connectivity index (χ0n) is 14.9. The Hall–Kier alpha value is -1.89. The molecule has 0 saturated heterocycles. The van der Waals surface area contributed by atoms with E-state index in [0.29, 0.717) is 16.3 Å². The van der Waals surface area contributed by atoms with Crippen molar-refractivity contribution in [1.29, 1.82) is 0 Å². The van der Waals surface area contributed by atoms with Crippen LogP contribution in [0.4, 0.5) is 5.69 Å². The first-order valence-corrected chi connectivity index (χ1v) is 10.6. The molecule has 0 aromatic heterocycles. The first-order valence-electron chi connectivity index (χ1n) is 8.37. The summed E-state index contributed by atoms with van der Waals surface area (Å²) in [5.74, 6) is -0.234. The molecule has 140 valence electrons. The van der Waals surface area contributed by atoms with Gasteiger partial charge in [0.15, 0.2) is 0 Å². The minimum absolute atomic E-state index is 0.0626. The van der Waals surface area contributed by atoms with E-state index in [1.165, 1.54) is 9.87 Å². The Morgan fingerprint density at radius 1 is 1.12 bits per heavy atom. The lowest BCUT2D eigenvalue weighted by Gasteiger charge is -2.20. The van der Waals surface area contributed by atoms with Crippen LogP contribution < -0.4 is 5.32 Å². The molecule has 0 spiro atoms. The van der Waals surface area contributed by atoms with Gasteiger partial charge in [-0.05, 0) is 35.7 Å². The summed E-state index contributed by atoms with van der Waals surface area (Å²) in [6.45, 7) is 2.28. The SMILES string of the molecule is CCc1ccc(NC(=O)CCN(Cc2ccccc2Cl)S(C)(=O)=O)cc1. The number of anilines is 1. The minimum Gasteiger partial charge on any atom is -0.326 e. The van der Waals surface area contributed by atoms with E-state index in [1.54, 1.807) is 24.3 Å². The highest BCUT2D eigenvalue weighted by atomic mass is 35.5. The number of carbonyl (C=O) groups excluding carboxylic acids is 1. The average molecular weight is 395 g/mol. The molecule has 2 aromatic carbocycles. The second-order valence-corrected chi connectivity index (χ2v) is 8.43. The number of hydrogen-bond acceptors (Lipinski definition) is 3. The normalized spacial score (nSPS) is 11.5. The van der Waals surface area contributed by atoms with Crippen molar-refractivity contribution in [2.24, 2.45) is 0 Å². The zero-order chi connectivity index (χ0) is 19.2. The molecule has 2 rings (SSSR count). The number of benzene rings is 2. The van der Waals surface area contributed by atoms with Crippen LogP contribution in [0.3, 0.4) is 0 Å². The summed E-state index contributed by atoms with van der Waals surface area (Å²) < 4.78 is 25.3. The molecule has 1 amide bonds. The van der Waals surface area contributed by atoms with Gasteiger partial charge in [0.1, 0.15) is 0 Å². The third-order valence-corrected chi connectivity index (χ3v) is 5.63. The third kappa shape index (κ3) is 6.12. The molecule has 0 unspecified atom stereocenters. The molecule has 7 heteroatoms. The molecule has 5 nitrogen and oxygen atoms in total. The van der Waals surface area contributed by atoms with E-state index in [-0.39, 0.29) is 25.4 Å². The van der Waals surface area contributed by atoms with Gasteiger partial charge in [0.05, 0.1) is 6.26 Å². The smallest absolute Gasteiger partial charge is 0.225 e. The lowest BCUT2D eigenvalue weighted by molar-refractivity contribution is -0.116. The van der Waals surface area contributed by atoms with Crippen molar-refractivity contribution in [3.63, 3.8) is 0 Å². The van der Waals surface area contributed by atoms with Crippen LogP contribution in [0.1, 0.15) is 24.5 Å². The molecule has 0 atom stereocenters. The molecule has 0 saturated carbocycles. The van der Waals surface area contributed by atoms with Gasteiger partial charge < -0.3 is 5.32 Å². The topological polar surface area (TPSA) is 66.5 Å². The summed E-state index contributed by atoms with van der Waals surface area (Å²) in [4.78, 5) is 12.2. The number of aryl methyl sites for hydroxylation is 1. The number of nitrogens with zero attached hydrogens (tertiary/aromatic N) is 1. The minimum atomic E-state index is -3.46. The van der Waals surface area contributed by atoms with Crippen molar-refractivity contribution < 1.29 is 13.2 Å². The predicted octanol–water partition coefficient (Wildman–Crippen LogP) is 3.69. The Morgan fingerprint density at radius 3 is 2.35 bits per heavy atom. The van der Waals surface area contributed by atoms with Crippen LogP contribution in [-0.2, 0) is 27.8 Å². The van der Waals surface area contributed by atoms with Crippen molar-refractivity contribution in [1.82, 2.24) is 4.31 Å². The highest BCUT2D eigenvalue weighted by Crippen LogP contribution is 2.19. The van der Waals surface area contributed by atoms with Crippen LogP contribution >= 0.6 is 11.6 Å². The summed E-state index contributed by atoms with van der Waals surface area (Å²) in [6.07, 6.45) is 2.12. The number of hydrogen-bond donors (Lipinski definition) is 1. The maximum Gasteiger partial charge on any atom is 0.225 e. The van der Waals surface area contributed by atoms with Crippen LogP contribution in [0.15, 0.2) is 48.5 Å². The summed E-state index contributed by atoms with van der Waals surface area (Å²) in [5.41, 5.74) is 2.59. The zero-order valence-corrected chi connectivity index (χ0v) is 16.5. The average Bonchev–Trinajstić information content (AvgIpc) is 2.59. The molecular weight excluding hydrogens is 372 g/mol. The van der Waals surface area contributed by atoms with Crippen molar-refractivity contribution in [2.75, 3.05) is 18.1 Å². The molecule has 0 radical (unpaired) electrons. The molecule has 26 heavy (non-hydrogen) atoms. The van der Waals surface area contributed by atoms with E-state index < -0.39 is 10.0 Å². The Balaban J connectivity index is 1.98. The lowest BCUT2D eigenvalue weighted by atomic mass is 10.1. The number of sulfonamides is 1. The van der Waals surface area contributed by atoms with E-state index in [1.807, 2.05) is 24.3 Å². The Morgan fingerprint density at radius 2 is 1.77 bits per heavy atom. The van der Waals surface area contributed by atoms with Gasteiger partial charge in [0.25, 0.3) is 0 Å². The van der Waals surface area contributed by atoms with Crippen molar-refractivity contribution in [3.05, 3.63) is 64.7 Å². The van der Waals surface area contributed by atoms with Crippen molar-refractivity contribution in [3.8, 4) is 0 Å². The number of amides is 1. The first kappa shape index (κ1) is 20.4. The molecule has 0 aliphatic carbocycles. The van der Waals surface area contributed by atoms with Crippen molar-refractivity contribution in [2.45, 2.75) is 26.3 Å². The third-order valence-electron chi connectivity index (χ3n) is 4.01. The van der Waals surface area contributed by atoms with Gasteiger partial charge in [-0.1, -0.05) is 48.9 Å². The molecule has 0 aliphatic rings.